The van der Waals surface area contributed by atoms with Gasteiger partial charge >= 0.3 is 12.1 Å². The Labute approximate surface area is 149 Å². The number of aromatic carboxylic acids is 1. The molecule has 0 amide bonds. The molecule has 5 aliphatic rings. The first kappa shape index (κ1) is 17.8. The van der Waals surface area contributed by atoms with Crippen LogP contribution >= 0.6 is 0 Å². The second kappa shape index (κ2) is 6.25. The highest BCUT2D eigenvalue weighted by molar-refractivity contribution is 5.88. The molecule has 0 atom stereocenters. The largest absolute Gasteiger partial charge is 0.478 e. The maximum absolute atomic E-state index is 12.6. The molecule has 1 aromatic heterocycles. The standard InChI is InChI=1S/C10H17N.C8H7F3N2O2/c11-10-8-2-6-1-7(4-8)5-9(10)3-6;9-8(10,11)6-5(7(14)15)3-12-13(6)4-1-2-4/h6-10H,1-5,11H2;3-4H,1-2H2,(H,14,15). The van der Waals surface area contributed by atoms with Gasteiger partial charge in [-0.15, -0.1) is 0 Å². The Morgan fingerprint density at radius 3 is 2.08 bits per heavy atom. The molecule has 5 fully saturated rings. The Hall–Kier alpha value is -1.57. The van der Waals surface area contributed by atoms with Gasteiger partial charge in [0.1, 0.15) is 5.56 Å². The van der Waals surface area contributed by atoms with Gasteiger partial charge in [-0.2, -0.15) is 18.3 Å². The second-order valence-corrected chi connectivity index (χ2v) is 8.39. The first-order chi connectivity index (χ1) is 12.2. The quantitative estimate of drug-likeness (QED) is 0.830. The van der Waals surface area contributed by atoms with Crippen LogP contribution in [-0.2, 0) is 6.18 Å². The van der Waals surface area contributed by atoms with Crippen LogP contribution in [0.25, 0.3) is 0 Å². The average Bonchev–Trinajstić information content (AvgIpc) is 3.28. The predicted octanol–water partition coefficient (Wildman–Crippen LogP) is 3.70. The van der Waals surface area contributed by atoms with Crippen LogP contribution in [0.15, 0.2) is 6.20 Å². The maximum atomic E-state index is 12.6. The molecule has 8 heteroatoms. The number of carboxylic acid groups (broad SMARTS) is 1. The zero-order valence-corrected chi connectivity index (χ0v) is 14.5. The number of carboxylic acids is 1. The highest BCUT2D eigenvalue weighted by Crippen LogP contribution is 2.53. The van der Waals surface area contributed by atoms with E-state index >= 15 is 0 Å². The fourth-order valence-electron chi connectivity index (χ4n) is 5.36. The maximum Gasteiger partial charge on any atom is 0.433 e. The molecule has 3 N–H and O–H groups in total. The SMILES string of the molecule is NC1C2CC3CC(C2)CC1C3.O=C(O)c1cnn(C2CC2)c1C(F)(F)F. The number of aromatic nitrogens is 2. The fourth-order valence-corrected chi connectivity index (χ4v) is 5.36. The number of nitrogens with zero attached hydrogens (tertiary/aromatic N) is 2. The molecule has 1 aromatic rings. The minimum atomic E-state index is -4.67. The molecule has 5 nitrogen and oxygen atoms in total. The van der Waals surface area contributed by atoms with Crippen molar-refractivity contribution in [3.63, 3.8) is 0 Å². The summed E-state index contributed by atoms with van der Waals surface area (Å²) in [7, 11) is 0. The van der Waals surface area contributed by atoms with Crippen LogP contribution in [0.5, 0.6) is 0 Å². The summed E-state index contributed by atoms with van der Waals surface area (Å²) in [5.74, 6) is 2.40. The smallest absolute Gasteiger partial charge is 0.433 e. The van der Waals surface area contributed by atoms with Crippen LogP contribution in [0.2, 0.25) is 0 Å². The van der Waals surface area contributed by atoms with E-state index in [-0.39, 0.29) is 6.04 Å². The van der Waals surface area contributed by atoms with Crippen molar-refractivity contribution < 1.29 is 23.1 Å². The first-order valence-corrected chi connectivity index (χ1v) is 9.37. The lowest BCUT2D eigenvalue weighted by molar-refractivity contribution is -0.144. The van der Waals surface area contributed by atoms with Gasteiger partial charge in [-0.3, -0.25) is 4.68 Å². The van der Waals surface area contributed by atoms with Crippen molar-refractivity contribution in [1.29, 1.82) is 0 Å². The van der Waals surface area contributed by atoms with Gasteiger partial charge < -0.3 is 10.8 Å². The number of halogens is 3. The lowest BCUT2D eigenvalue weighted by Gasteiger charge is -2.53. The predicted molar refractivity (Wildman–Crippen MR) is 87.5 cm³/mol. The zero-order chi connectivity index (χ0) is 18.6. The lowest BCUT2D eigenvalue weighted by atomic mass is 9.54. The lowest BCUT2D eigenvalue weighted by Crippen LogP contribution is -2.52. The number of hydrogen-bond acceptors (Lipinski definition) is 3. The molecule has 5 aliphatic carbocycles. The van der Waals surface area contributed by atoms with E-state index in [1.807, 2.05) is 0 Å². The van der Waals surface area contributed by atoms with Gasteiger partial charge in [-0.05, 0) is 68.6 Å². The van der Waals surface area contributed by atoms with Gasteiger partial charge in [0.15, 0.2) is 5.69 Å². The topological polar surface area (TPSA) is 81.1 Å². The second-order valence-electron chi connectivity index (χ2n) is 8.39. The van der Waals surface area contributed by atoms with E-state index in [2.05, 4.69) is 5.10 Å². The summed E-state index contributed by atoms with van der Waals surface area (Å²) >= 11 is 0. The summed E-state index contributed by atoms with van der Waals surface area (Å²) in [6.45, 7) is 0. The van der Waals surface area contributed by atoms with Crippen molar-refractivity contribution in [1.82, 2.24) is 9.78 Å². The number of carbonyl (C=O) groups is 1. The molecular formula is C18H24F3N3O2. The van der Waals surface area contributed by atoms with Crippen molar-refractivity contribution in [2.75, 3.05) is 0 Å². The molecular weight excluding hydrogens is 347 g/mol. The van der Waals surface area contributed by atoms with Gasteiger partial charge in [-0.25, -0.2) is 4.79 Å². The molecule has 0 aliphatic heterocycles. The minimum absolute atomic E-state index is 0.297. The highest BCUT2D eigenvalue weighted by atomic mass is 19.4. The third kappa shape index (κ3) is 3.23. The normalized spacial score (nSPS) is 35.2. The van der Waals surface area contributed by atoms with E-state index in [0.717, 1.165) is 34.6 Å². The van der Waals surface area contributed by atoms with E-state index in [4.69, 9.17) is 10.8 Å². The Morgan fingerprint density at radius 2 is 1.65 bits per heavy atom. The summed E-state index contributed by atoms with van der Waals surface area (Å²) in [5.41, 5.74) is 4.23. The summed E-state index contributed by atoms with van der Waals surface area (Å²) in [6.07, 6.45) is 4.72. The van der Waals surface area contributed by atoms with Crippen LogP contribution in [0.1, 0.15) is 67.0 Å². The van der Waals surface area contributed by atoms with Crippen molar-refractivity contribution in [2.24, 2.45) is 29.4 Å². The first-order valence-electron chi connectivity index (χ1n) is 9.37. The minimum Gasteiger partial charge on any atom is -0.478 e. The van der Waals surface area contributed by atoms with E-state index in [1.165, 1.54) is 25.7 Å². The van der Waals surface area contributed by atoms with Crippen LogP contribution in [-0.4, -0.2) is 26.9 Å². The van der Waals surface area contributed by atoms with Gasteiger partial charge in [0.05, 0.1) is 12.2 Å². The number of hydrogen-bond donors (Lipinski definition) is 2. The van der Waals surface area contributed by atoms with Crippen molar-refractivity contribution >= 4 is 5.97 Å². The molecule has 1 heterocycles. The monoisotopic (exact) mass is 371 g/mol. The molecule has 4 bridgehead atoms. The number of nitrogens with two attached hydrogens (primary N) is 1. The molecule has 144 valence electrons. The summed E-state index contributed by atoms with van der Waals surface area (Å²) in [6, 6.07) is 0.289. The summed E-state index contributed by atoms with van der Waals surface area (Å²) in [4.78, 5) is 10.6. The molecule has 26 heavy (non-hydrogen) atoms. The summed E-state index contributed by atoms with van der Waals surface area (Å²) in [5, 5.41) is 12.1. The van der Waals surface area contributed by atoms with Gasteiger partial charge in [0.25, 0.3) is 0 Å². The van der Waals surface area contributed by atoms with Gasteiger partial charge in [0.2, 0.25) is 0 Å². The van der Waals surface area contributed by atoms with Gasteiger partial charge in [0, 0.05) is 6.04 Å². The molecule has 0 saturated heterocycles. The third-order valence-corrected chi connectivity index (χ3v) is 6.49. The van der Waals surface area contributed by atoms with Crippen LogP contribution in [0, 0.1) is 23.7 Å². The van der Waals surface area contributed by atoms with Crippen molar-refractivity contribution in [3.8, 4) is 0 Å². The molecule has 5 saturated carbocycles. The van der Waals surface area contributed by atoms with Crippen LogP contribution in [0.4, 0.5) is 13.2 Å². The Bertz CT molecular complexity index is 668. The molecule has 0 spiro atoms. The Kier molecular flexibility index (Phi) is 4.28. The molecule has 0 unspecified atom stereocenters. The number of rotatable bonds is 2. The highest BCUT2D eigenvalue weighted by Gasteiger charge is 2.46. The van der Waals surface area contributed by atoms with Gasteiger partial charge in [-0.1, -0.05) is 0 Å². The zero-order valence-electron chi connectivity index (χ0n) is 14.5. The van der Waals surface area contributed by atoms with E-state index in [9.17, 15) is 18.0 Å². The van der Waals surface area contributed by atoms with Crippen molar-refractivity contribution in [2.45, 2.75) is 63.2 Å². The van der Waals surface area contributed by atoms with E-state index in [1.54, 1.807) is 6.42 Å². The molecule has 0 aromatic carbocycles. The van der Waals surface area contributed by atoms with Crippen molar-refractivity contribution in [3.05, 3.63) is 17.5 Å². The average molecular weight is 371 g/mol. The van der Waals surface area contributed by atoms with E-state index < -0.39 is 23.4 Å². The number of alkyl halides is 3. The molecule has 0 radical (unpaired) electrons. The Morgan fingerprint density at radius 1 is 1.12 bits per heavy atom. The van der Waals surface area contributed by atoms with Crippen LogP contribution < -0.4 is 5.73 Å². The van der Waals surface area contributed by atoms with E-state index in [0.29, 0.717) is 18.9 Å². The third-order valence-electron chi connectivity index (χ3n) is 6.49. The molecule has 6 rings (SSSR count). The van der Waals surface area contributed by atoms with Crippen LogP contribution in [0.3, 0.4) is 0 Å². The fraction of sp³-hybridized carbons (Fsp3) is 0.778. The summed E-state index contributed by atoms with van der Waals surface area (Å²) < 4.78 is 38.5. The Balaban J connectivity index is 0.000000135.